The Hall–Kier alpha value is -2.63. The first kappa shape index (κ1) is 17.8. The largest absolute Gasteiger partial charge is 0.478 e. The van der Waals surface area contributed by atoms with Crippen LogP contribution in [0.15, 0.2) is 54.6 Å². The lowest BCUT2D eigenvalue weighted by molar-refractivity contribution is 0.0697. The van der Waals surface area contributed by atoms with Gasteiger partial charge in [-0.1, -0.05) is 54.1 Å². The third-order valence-electron chi connectivity index (χ3n) is 4.86. The van der Waals surface area contributed by atoms with E-state index in [4.69, 9.17) is 11.6 Å². The maximum Gasteiger partial charge on any atom is 0.339 e. The molecule has 1 aliphatic carbocycles. The molecule has 4 nitrogen and oxygen atoms in total. The van der Waals surface area contributed by atoms with Crippen molar-refractivity contribution in [2.45, 2.75) is 18.8 Å². The molecule has 1 heterocycles. The van der Waals surface area contributed by atoms with Gasteiger partial charge in [-0.05, 0) is 36.1 Å². The normalized spacial score (nSPS) is 15.4. The number of aromatic carboxylic acids is 1. The van der Waals surface area contributed by atoms with Gasteiger partial charge in [0.2, 0.25) is 0 Å². The standard InChI is InChI=1S/C21H16ClNO3S/c22-18-16(15-11-10-12-6-4-5-9-14(12)15)17(21(25)26)20(27-18)23-19(24)13-7-2-1-3-8-13/h1-9,15H,10-11H2,(H,23,24)(H,25,26). The molecule has 0 aliphatic heterocycles. The minimum absolute atomic E-state index is 0.0709. The van der Waals surface area contributed by atoms with Crippen molar-refractivity contribution in [3.8, 4) is 0 Å². The zero-order chi connectivity index (χ0) is 19.0. The van der Waals surface area contributed by atoms with Gasteiger partial charge in [0.15, 0.2) is 0 Å². The number of amides is 1. The summed E-state index contributed by atoms with van der Waals surface area (Å²) in [6, 6.07) is 16.7. The second-order valence-corrected chi connectivity index (χ2v) is 8.03. The van der Waals surface area contributed by atoms with Gasteiger partial charge in [0.1, 0.15) is 5.00 Å². The Labute approximate surface area is 165 Å². The minimum atomic E-state index is -1.08. The predicted octanol–water partition coefficient (Wildman–Crippen LogP) is 5.43. The third-order valence-corrected chi connectivity index (χ3v) is 6.20. The Morgan fingerprint density at radius 2 is 1.78 bits per heavy atom. The Morgan fingerprint density at radius 3 is 2.52 bits per heavy atom. The molecular formula is C21H16ClNO3S. The second kappa shape index (κ2) is 7.18. The van der Waals surface area contributed by atoms with Crippen LogP contribution < -0.4 is 5.32 Å². The van der Waals surface area contributed by atoms with Gasteiger partial charge in [0, 0.05) is 17.0 Å². The van der Waals surface area contributed by atoms with Gasteiger partial charge >= 0.3 is 5.97 Å². The van der Waals surface area contributed by atoms with Crippen LogP contribution in [0.3, 0.4) is 0 Å². The van der Waals surface area contributed by atoms with Gasteiger partial charge in [0.25, 0.3) is 5.91 Å². The van der Waals surface area contributed by atoms with E-state index in [9.17, 15) is 14.7 Å². The lowest BCUT2D eigenvalue weighted by Gasteiger charge is -2.13. The Morgan fingerprint density at radius 1 is 1.07 bits per heavy atom. The fourth-order valence-corrected chi connectivity index (χ4v) is 5.08. The molecular weight excluding hydrogens is 382 g/mol. The van der Waals surface area contributed by atoms with E-state index in [1.807, 2.05) is 24.3 Å². The summed E-state index contributed by atoms with van der Waals surface area (Å²) in [5, 5.41) is 12.9. The monoisotopic (exact) mass is 397 g/mol. The average molecular weight is 398 g/mol. The van der Waals surface area contributed by atoms with Crippen LogP contribution in [0.25, 0.3) is 0 Å². The molecule has 1 aliphatic rings. The molecule has 3 aromatic rings. The van der Waals surface area contributed by atoms with E-state index < -0.39 is 5.97 Å². The number of hydrogen-bond donors (Lipinski definition) is 2. The van der Waals surface area contributed by atoms with Crippen molar-refractivity contribution in [2.75, 3.05) is 5.32 Å². The summed E-state index contributed by atoms with van der Waals surface area (Å²) in [5.74, 6) is -1.51. The summed E-state index contributed by atoms with van der Waals surface area (Å²) in [5.41, 5.74) is 3.49. The number of hydrogen-bond acceptors (Lipinski definition) is 3. The molecule has 0 saturated heterocycles. The highest BCUT2D eigenvalue weighted by Crippen LogP contribution is 2.48. The molecule has 1 unspecified atom stereocenters. The molecule has 0 spiro atoms. The van der Waals surface area contributed by atoms with Crippen LogP contribution in [0, 0.1) is 0 Å². The summed E-state index contributed by atoms with van der Waals surface area (Å²) in [6.07, 6.45) is 1.69. The van der Waals surface area contributed by atoms with Gasteiger partial charge in [-0.25, -0.2) is 4.79 Å². The Balaban J connectivity index is 1.74. The van der Waals surface area contributed by atoms with Crippen LogP contribution in [0.1, 0.15) is 49.7 Å². The molecule has 1 aromatic heterocycles. The number of aryl methyl sites for hydroxylation is 1. The van der Waals surface area contributed by atoms with Crippen molar-refractivity contribution in [3.05, 3.63) is 86.8 Å². The number of nitrogens with one attached hydrogen (secondary N) is 1. The first-order valence-electron chi connectivity index (χ1n) is 8.56. The van der Waals surface area contributed by atoms with Crippen LogP contribution in [-0.2, 0) is 6.42 Å². The van der Waals surface area contributed by atoms with E-state index in [0.717, 1.165) is 29.7 Å². The van der Waals surface area contributed by atoms with E-state index in [0.29, 0.717) is 15.5 Å². The van der Waals surface area contributed by atoms with Gasteiger partial charge < -0.3 is 10.4 Å². The molecule has 0 radical (unpaired) electrons. The SMILES string of the molecule is O=C(Nc1sc(Cl)c(C2CCc3ccccc32)c1C(=O)O)c1ccccc1. The van der Waals surface area contributed by atoms with E-state index in [2.05, 4.69) is 11.4 Å². The van der Waals surface area contributed by atoms with Crippen molar-refractivity contribution in [3.63, 3.8) is 0 Å². The highest BCUT2D eigenvalue weighted by molar-refractivity contribution is 7.20. The number of fused-ring (bicyclic) bond motifs is 1. The Bertz CT molecular complexity index is 1030. The highest BCUT2D eigenvalue weighted by Gasteiger charge is 2.33. The zero-order valence-electron chi connectivity index (χ0n) is 14.2. The molecule has 6 heteroatoms. The molecule has 4 rings (SSSR count). The van der Waals surface area contributed by atoms with Gasteiger partial charge in [-0.15, -0.1) is 11.3 Å². The first-order valence-corrected chi connectivity index (χ1v) is 9.75. The smallest absolute Gasteiger partial charge is 0.339 e. The topological polar surface area (TPSA) is 66.4 Å². The fourth-order valence-electron chi connectivity index (χ4n) is 3.65. The summed E-state index contributed by atoms with van der Waals surface area (Å²) < 4.78 is 0.414. The van der Waals surface area contributed by atoms with Gasteiger partial charge in [-0.2, -0.15) is 0 Å². The molecule has 136 valence electrons. The van der Waals surface area contributed by atoms with Crippen molar-refractivity contribution in [1.82, 2.24) is 0 Å². The van der Waals surface area contributed by atoms with Crippen LogP contribution in [0.5, 0.6) is 0 Å². The third kappa shape index (κ3) is 3.24. The van der Waals surface area contributed by atoms with E-state index in [1.54, 1.807) is 24.3 Å². The number of anilines is 1. The van der Waals surface area contributed by atoms with Crippen molar-refractivity contribution >= 4 is 39.8 Å². The van der Waals surface area contributed by atoms with Gasteiger partial charge in [-0.3, -0.25) is 4.79 Å². The molecule has 0 saturated carbocycles. The molecule has 2 aromatic carbocycles. The minimum Gasteiger partial charge on any atom is -0.478 e. The van der Waals surface area contributed by atoms with Crippen molar-refractivity contribution < 1.29 is 14.7 Å². The number of halogens is 1. The number of carboxylic acids is 1. The molecule has 1 atom stereocenters. The number of carbonyl (C=O) groups is 2. The van der Waals surface area contributed by atoms with Crippen LogP contribution in [0.2, 0.25) is 4.34 Å². The zero-order valence-corrected chi connectivity index (χ0v) is 15.8. The van der Waals surface area contributed by atoms with Crippen molar-refractivity contribution in [1.29, 1.82) is 0 Å². The lowest BCUT2D eigenvalue weighted by Crippen LogP contribution is -2.14. The summed E-state index contributed by atoms with van der Waals surface area (Å²) >= 11 is 7.58. The maximum atomic E-state index is 12.5. The first-order chi connectivity index (χ1) is 13.1. The van der Waals surface area contributed by atoms with Crippen LogP contribution in [-0.4, -0.2) is 17.0 Å². The average Bonchev–Trinajstić information content (AvgIpc) is 3.22. The van der Waals surface area contributed by atoms with Gasteiger partial charge in [0.05, 0.1) is 9.90 Å². The number of thiophene rings is 1. The quantitative estimate of drug-likeness (QED) is 0.616. The van der Waals surface area contributed by atoms with Crippen LogP contribution in [0.4, 0.5) is 5.00 Å². The maximum absolute atomic E-state index is 12.5. The second-order valence-electron chi connectivity index (χ2n) is 6.41. The number of benzene rings is 2. The number of carboxylic acid groups (broad SMARTS) is 1. The van der Waals surface area contributed by atoms with Crippen molar-refractivity contribution in [2.24, 2.45) is 0 Å². The molecule has 0 bridgehead atoms. The van der Waals surface area contributed by atoms with Crippen LogP contribution >= 0.6 is 22.9 Å². The number of rotatable bonds is 4. The number of carbonyl (C=O) groups excluding carboxylic acids is 1. The summed E-state index contributed by atoms with van der Waals surface area (Å²) in [7, 11) is 0. The molecule has 0 fully saturated rings. The molecule has 27 heavy (non-hydrogen) atoms. The summed E-state index contributed by atoms with van der Waals surface area (Å²) in [6.45, 7) is 0. The predicted molar refractivity (Wildman–Crippen MR) is 107 cm³/mol. The lowest BCUT2D eigenvalue weighted by atomic mass is 9.92. The fraction of sp³-hybridized carbons (Fsp3) is 0.143. The molecule has 2 N–H and O–H groups in total. The molecule has 1 amide bonds. The Kier molecular flexibility index (Phi) is 4.72. The van der Waals surface area contributed by atoms with E-state index in [-0.39, 0.29) is 22.4 Å². The highest BCUT2D eigenvalue weighted by atomic mass is 35.5. The van der Waals surface area contributed by atoms with E-state index >= 15 is 0 Å². The summed E-state index contributed by atoms with van der Waals surface area (Å²) in [4.78, 5) is 24.5. The van der Waals surface area contributed by atoms with E-state index in [1.165, 1.54) is 5.56 Å².